The molecule has 6 nitrogen and oxygen atoms in total. The highest BCUT2D eigenvalue weighted by Crippen LogP contribution is 2.29. The van der Waals surface area contributed by atoms with Crippen LogP contribution in [0.3, 0.4) is 0 Å². The van der Waals surface area contributed by atoms with Crippen LogP contribution in [0, 0.1) is 0 Å². The van der Waals surface area contributed by atoms with E-state index in [0.29, 0.717) is 18.5 Å². The summed E-state index contributed by atoms with van der Waals surface area (Å²) in [7, 11) is 0. The third-order valence-electron chi connectivity index (χ3n) is 3.59. The van der Waals surface area contributed by atoms with E-state index in [1.54, 1.807) is 19.1 Å². The van der Waals surface area contributed by atoms with Crippen molar-refractivity contribution in [1.29, 1.82) is 0 Å². The zero-order chi connectivity index (χ0) is 19.3. The molecule has 0 bridgehead atoms. The molecular formula is C17H18F3N3O3. The van der Waals surface area contributed by atoms with E-state index in [0.717, 1.165) is 5.56 Å². The average molecular weight is 369 g/mol. The van der Waals surface area contributed by atoms with Gasteiger partial charge >= 0.3 is 12.1 Å². The molecule has 0 saturated carbocycles. The summed E-state index contributed by atoms with van der Waals surface area (Å²) in [5.74, 6) is -2.58. The number of aromatic nitrogens is 2. The second-order valence-electron chi connectivity index (χ2n) is 5.62. The van der Waals surface area contributed by atoms with Crippen molar-refractivity contribution in [2.75, 3.05) is 6.54 Å². The Kier molecular flexibility index (Phi) is 6.12. The van der Waals surface area contributed by atoms with Crippen LogP contribution >= 0.6 is 0 Å². The topological polar surface area (TPSA) is 76.3 Å². The molecular weight excluding hydrogens is 351 g/mol. The highest BCUT2D eigenvalue weighted by atomic mass is 19.4. The van der Waals surface area contributed by atoms with Gasteiger partial charge in [0, 0.05) is 25.1 Å². The minimum atomic E-state index is -4.70. The predicted octanol–water partition coefficient (Wildman–Crippen LogP) is 3.47. The lowest BCUT2D eigenvalue weighted by molar-refractivity contribution is -0.159. The van der Waals surface area contributed by atoms with Crippen LogP contribution in [0.15, 0.2) is 28.8 Å². The number of rotatable bonds is 7. The summed E-state index contributed by atoms with van der Waals surface area (Å²) < 4.78 is 41.7. The lowest BCUT2D eigenvalue weighted by Gasteiger charge is -2.21. The van der Waals surface area contributed by atoms with Gasteiger partial charge in [0.05, 0.1) is 0 Å². The predicted molar refractivity (Wildman–Crippen MR) is 85.7 cm³/mol. The monoisotopic (exact) mass is 369 g/mol. The number of benzene rings is 1. The van der Waals surface area contributed by atoms with E-state index in [2.05, 4.69) is 14.7 Å². The molecule has 2 rings (SSSR count). The van der Waals surface area contributed by atoms with Crippen LogP contribution in [0.4, 0.5) is 13.2 Å². The molecule has 2 aromatic rings. The second kappa shape index (κ2) is 8.11. The Morgan fingerprint density at radius 1 is 1.15 bits per heavy atom. The fourth-order valence-corrected chi connectivity index (χ4v) is 2.29. The lowest BCUT2D eigenvalue weighted by atomic mass is 10.1. The summed E-state index contributed by atoms with van der Waals surface area (Å²) in [6.45, 7) is 4.19. The number of carbonyl (C=O) groups is 2. The van der Waals surface area contributed by atoms with Gasteiger partial charge in [-0.25, -0.2) is 0 Å². The molecule has 1 heterocycles. The SMILES string of the molecule is CCCN(Cc1ccc(-c2noc(C(F)(F)F)n2)cc1)C(=O)C(=O)CC. The smallest absolute Gasteiger partial charge is 0.332 e. The van der Waals surface area contributed by atoms with Crippen molar-refractivity contribution in [3.05, 3.63) is 35.7 Å². The van der Waals surface area contributed by atoms with Crippen LogP contribution in [0.2, 0.25) is 0 Å². The van der Waals surface area contributed by atoms with Crippen molar-refractivity contribution in [3.63, 3.8) is 0 Å². The Morgan fingerprint density at radius 3 is 2.31 bits per heavy atom. The standard InChI is InChI=1S/C17H18F3N3O3/c1-3-9-23(15(25)13(24)4-2)10-11-5-7-12(8-6-11)14-21-16(26-22-14)17(18,19)20/h5-8H,3-4,9-10H2,1-2H3. The van der Waals surface area contributed by atoms with Gasteiger partial charge in [-0.3, -0.25) is 9.59 Å². The summed E-state index contributed by atoms with van der Waals surface area (Å²) in [5.41, 5.74) is 1.09. The van der Waals surface area contributed by atoms with Gasteiger partial charge in [0.1, 0.15) is 0 Å². The van der Waals surface area contributed by atoms with Crippen molar-refractivity contribution >= 4 is 11.7 Å². The van der Waals surface area contributed by atoms with E-state index in [-0.39, 0.29) is 18.8 Å². The van der Waals surface area contributed by atoms with Gasteiger partial charge in [-0.1, -0.05) is 43.3 Å². The van der Waals surface area contributed by atoms with Gasteiger partial charge in [0.15, 0.2) is 0 Å². The molecule has 0 N–H and O–H groups in total. The summed E-state index contributed by atoms with van der Waals surface area (Å²) in [4.78, 5) is 28.5. The molecule has 0 unspecified atom stereocenters. The largest absolute Gasteiger partial charge is 0.471 e. The number of halogens is 3. The molecule has 0 fully saturated rings. The Bertz CT molecular complexity index is 770. The summed E-state index contributed by atoms with van der Waals surface area (Å²) >= 11 is 0. The van der Waals surface area contributed by atoms with Crippen LogP contribution in [-0.2, 0) is 22.3 Å². The average Bonchev–Trinajstić information content (AvgIpc) is 3.11. The van der Waals surface area contributed by atoms with Gasteiger partial charge in [0.25, 0.3) is 5.91 Å². The van der Waals surface area contributed by atoms with Crippen molar-refractivity contribution in [3.8, 4) is 11.4 Å². The zero-order valence-corrected chi connectivity index (χ0v) is 14.3. The van der Waals surface area contributed by atoms with Crippen molar-refractivity contribution in [2.45, 2.75) is 39.4 Å². The molecule has 140 valence electrons. The van der Waals surface area contributed by atoms with Crippen LogP contribution < -0.4 is 0 Å². The molecule has 0 aliphatic heterocycles. The first-order valence-corrected chi connectivity index (χ1v) is 8.08. The third-order valence-corrected chi connectivity index (χ3v) is 3.59. The molecule has 0 spiro atoms. The Hall–Kier alpha value is -2.71. The number of hydrogen-bond donors (Lipinski definition) is 0. The van der Waals surface area contributed by atoms with Crippen molar-refractivity contribution < 1.29 is 27.3 Å². The third kappa shape index (κ3) is 4.68. The zero-order valence-electron chi connectivity index (χ0n) is 14.3. The molecule has 0 saturated heterocycles. The summed E-state index contributed by atoms with van der Waals surface area (Å²) in [6.07, 6.45) is -3.86. The number of Topliss-reactive ketones (excluding diaryl/α,β-unsaturated/α-hetero) is 1. The van der Waals surface area contributed by atoms with Crippen LogP contribution in [0.5, 0.6) is 0 Å². The molecule has 1 aromatic heterocycles. The van der Waals surface area contributed by atoms with Gasteiger partial charge in [-0.05, 0) is 12.0 Å². The Labute approximate surface area is 148 Å². The molecule has 0 radical (unpaired) electrons. The fourth-order valence-electron chi connectivity index (χ4n) is 2.29. The molecule has 26 heavy (non-hydrogen) atoms. The lowest BCUT2D eigenvalue weighted by Crippen LogP contribution is -2.36. The number of nitrogens with zero attached hydrogens (tertiary/aromatic N) is 3. The van der Waals surface area contributed by atoms with Crippen molar-refractivity contribution in [2.24, 2.45) is 0 Å². The second-order valence-corrected chi connectivity index (χ2v) is 5.62. The highest BCUT2D eigenvalue weighted by molar-refractivity contribution is 6.35. The van der Waals surface area contributed by atoms with Crippen LogP contribution in [0.1, 0.15) is 38.1 Å². The van der Waals surface area contributed by atoms with Crippen LogP contribution in [-0.4, -0.2) is 33.3 Å². The first kappa shape index (κ1) is 19.6. The number of hydrogen-bond acceptors (Lipinski definition) is 5. The molecule has 0 atom stereocenters. The van der Waals surface area contributed by atoms with Gasteiger partial charge in [0.2, 0.25) is 11.6 Å². The first-order chi connectivity index (χ1) is 12.3. The van der Waals surface area contributed by atoms with E-state index in [9.17, 15) is 22.8 Å². The fraction of sp³-hybridized carbons (Fsp3) is 0.412. The van der Waals surface area contributed by atoms with E-state index >= 15 is 0 Å². The minimum absolute atomic E-state index is 0.136. The maximum atomic E-state index is 12.5. The van der Waals surface area contributed by atoms with E-state index in [4.69, 9.17) is 0 Å². The molecule has 0 aliphatic rings. The Morgan fingerprint density at radius 2 is 1.81 bits per heavy atom. The summed E-state index contributed by atoms with van der Waals surface area (Å²) in [6, 6.07) is 6.36. The highest BCUT2D eigenvalue weighted by Gasteiger charge is 2.38. The molecule has 0 aliphatic carbocycles. The van der Waals surface area contributed by atoms with Crippen LogP contribution in [0.25, 0.3) is 11.4 Å². The van der Waals surface area contributed by atoms with E-state index < -0.39 is 23.8 Å². The quantitative estimate of drug-likeness (QED) is 0.699. The number of carbonyl (C=O) groups excluding carboxylic acids is 2. The first-order valence-electron chi connectivity index (χ1n) is 8.08. The number of amides is 1. The maximum Gasteiger partial charge on any atom is 0.471 e. The summed E-state index contributed by atoms with van der Waals surface area (Å²) in [5, 5.41) is 3.32. The normalized spacial score (nSPS) is 11.4. The van der Waals surface area contributed by atoms with Gasteiger partial charge in [-0.15, -0.1) is 0 Å². The number of ketones is 1. The molecule has 1 aromatic carbocycles. The van der Waals surface area contributed by atoms with Crippen molar-refractivity contribution in [1.82, 2.24) is 15.0 Å². The molecule has 1 amide bonds. The van der Waals surface area contributed by atoms with E-state index in [1.165, 1.54) is 17.0 Å². The molecule has 9 heteroatoms. The van der Waals surface area contributed by atoms with Gasteiger partial charge < -0.3 is 9.42 Å². The minimum Gasteiger partial charge on any atom is -0.332 e. The van der Waals surface area contributed by atoms with E-state index in [1.807, 2.05) is 6.92 Å². The Balaban J connectivity index is 2.14. The maximum absolute atomic E-state index is 12.5. The van der Waals surface area contributed by atoms with Gasteiger partial charge in [-0.2, -0.15) is 18.2 Å². The number of alkyl halides is 3.